The molecule has 8 nitrogen and oxygen atoms in total. The van der Waals surface area contributed by atoms with Crippen LogP contribution in [0.15, 0.2) is 126 Å². The van der Waals surface area contributed by atoms with Crippen molar-refractivity contribution in [2.45, 2.75) is 55.5 Å². The lowest BCUT2D eigenvalue weighted by atomic mass is 9.87. The maximum absolute atomic E-state index is 13.0. The number of carbonyl (C=O) groups excluding carboxylic acids is 2. The molecule has 3 heterocycles. The molecule has 0 radical (unpaired) electrons. The molecule has 0 fully saturated rings. The van der Waals surface area contributed by atoms with E-state index < -0.39 is 29.8 Å². The molecule has 6 aromatic carbocycles. The highest BCUT2D eigenvalue weighted by Gasteiger charge is 2.43. The lowest BCUT2D eigenvalue weighted by Gasteiger charge is -2.26. The molecule has 6 aromatic rings. The number of ether oxygens (including phenoxy) is 2. The highest BCUT2D eigenvalue weighted by atomic mass is 32.2. The summed E-state index contributed by atoms with van der Waals surface area (Å²) < 4.78 is 110. The van der Waals surface area contributed by atoms with Crippen molar-refractivity contribution in [3.05, 3.63) is 149 Å². The Hall–Kier alpha value is -6.59. The van der Waals surface area contributed by atoms with Gasteiger partial charge in [-0.25, -0.2) is 4.79 Å². The summed E-state index contributed by atoms with van der Waals surface area (Å²) in [6.45, 7) is 0.468. The summed E-state index contributed by atoms with van der Waals surface area (Å²) >= 11 is 1.44. The van der Waals surface area contributed by atoms with Crippen molar-refractivity contribution < 1.29 is 59.3 Å². The Kier molecular flexibility index (Phi) is 12.3. The Balaban J connectivity index is 0.000000133. The summed E-state index contributed by atoms with van der Waals surface area (Å²) in [4.78, 5) is 25.4. The van der Waals surface area contributed by atoms with Crippen LogP contribution in [0.2, 0.25) is 0 Å². The first-order valence-electron chi connectivity index (χ1n) is 20.1. The number of aliphatic hydroxyl groups excluding tert-OH is 1. The van der Waals surface area contributed by atoms with Gasteiger partial charge in [0.1, 0.15) is 0 Å². The normalized spacial score (nSPS) is 16.9. The van der Waals surface area contributed by atoms with E-state index in [-0.39, 0.29) is 29.5 Å². The predicted molar refractivity (Wildman–Crippen MR) is 230 cm³/mol. The van der Waals surface area contributed by atoms with Gasteiger partial charge in [0.05, 0.1) is 28.7 Å². The number of aryl methyl sites for hydroxylation is 1. The fourth-order valence-corrected chi connectivity index (χ4v) is 8.41. The number of hydrogen-bond acceptors (Lipinski definition) is 6. The van der Waals surface area contributed by atoms with Crippen LogP contribution in [0.25, 0.3) is 33.4 Å². The summed E-state index contributed by atoms with van der Waals surface area (Å²) in [6, 6.07) is 31.6. The molecule has 17 heteroatoms. The molecule has 1 atom stereocenters. The number of thioether (sulfide) groups is 1. The fourth-order valence-electron chi connectivity index (χ4n) is 7.57. The topological polar surface area (TPSA) is 100 Å². The molecule has 0 aromatic heterocycles. The number of carbonyl (C=O) groups is 2. The number of fused-ring (bicyclic) bond motifs is 4. The van der Waals surface area contributed by atoms with Crippen LogP contribution in [0.1, 0.15) is 34.2 Å². The molecule has 3 N–H and O–H groups in total. The van der Waals surface area contributed by atoms with Crippen LogP contribution >= 0.6 is 11.8 Å². The number of hydrogen-bond donors (Lipinski definition) is 3. The minimum absolute atomic E-state index is 0.0150. The van der Waals surface area contributed by atoms with Crippen LogP contribution in [0.3, 0.4) is 0 Å². The molecule has 3 aliphatic heterocycles. The maximum atomic E-state index is 13.0. The van der Waals surface area contributed by atoms with Gasteiger partial charge in [-0.15, -0.1) is 20.5 Å². The molecule has 0 bridgehead atoms. The largest absolute Gasteiger partial charge is 0.586 e. The smallest absolute Gasteiger partial charge is 0.395 e. The van der Waals surface area contributed by atoms with E-state index in [0.29, 0.717) is 24.3 Å². The van der Waals surface area contributed by atoms with Crippen molar-refractivity contribution in [1.82, 2.24) is 4.90 Å². The zero-order valence-electron chi connectivity index (χ0n) is 34.1. The number of amides is 3. The van der Waals surface area contributed by atoms with Gasteiger partial charge >= 0.3 is 24.7 Å². The van der Waals surface area contributed by atoms with Crippen LogP contribution in [0.4, 0.5) is 51.3 Å². The van der Waals surface area contributed by atoms with E-state index in [1.54, 1.807) is 36.2 Å². The van der Waals surface area contributed by atoms with E-state index in [1.165, 1.54) is 53.7 Å². The van der Waals surface area contributed by atoms with E-state index in [1.807, 2.05) is 36.4 Å². The molecular formula is C48H37F8N3O5S. The number of rotatable bonds is 3. The Morgan fingerprint density at radius 3 is 1.78 bits per heavy atom. The van der Waals surface area contributed by atoms with Gasteiger partial charge in [-0.1, -0.05) is 60.7 Å². The Morgan fingerprint density at radius 1 is 0.631 bits per heavy atom. The summed E-state index contributed by atoms with van der Waals surface area (Å²) in [5, 5.41) is 15.2. The molecule has 0 spiro atoms. The van der Waals surface area contributed by atoms with Crippen molar-refractivity contribution in [3.63, 3.8) is 0 Å². The van der Waals surface area contributed by atoms with Crippen molar-refractivity contribution >= 4 is 35.1 Å². The molecule has 0 saturated carbocycles. The summed E-state index contributed by atoms with van der Waals surface area (Å²) in [5.41, 5.74) is 8.23. The number of halogens is 8. The maximum Gasteiger partial charge on any atom is 0.586 e. The SMILES string of the molecule is CN1Cc2cc(-c3ccc(C(F)(F)F)cc3)ccc2NC1=O.O=C1CSc2cc(-c3ccc4c(c3)OC(F)(F)O4)ccc2N1.OC1CCc2cc(-c3ccc(C(F)(F)F)cc3)ccc2C1. The molecule has 65 heavy (non-hydrogen) atoms. The molecule has 10 rings (SSSR count). The van der Waals surface area contributed by atoms with Crippen LogP contribution in [0, 0.1) is 0 Å². The Morgan fingerprint density at radius 2 is 1.15 bits per heavy atom. The molecule has 3 amide bonds. The molecule has 1 aliphatic carbocycles. The number of urea groups is 1. The first kappa shape index (κ1) is 45.0. The van der Waals surface area contributed by atoms with Crippen LogP contribution in [0.5, 0.6) is 11.5 Å². The molecule has 0 saturated heterocycles. The zero-order valence-corrected chi connectivity index (χ0v) is 34.9. The monoisotopic (exact) mass is 919 g/mol. The number of alkyl halides is 8. The lowest BCUT2D eigenvalue weighted by molar-refractivity contribution is -0.286. The second-order valence-corrected chi connectivity index (χ2v) is 16.6. The lowest BCUT2D eigenvalue weighted by Crippen LogP contribution is -2.35. The van der Waals surface area contributed by atoms with E-state index in [0.717, 1.165) is 92.3 Å². The van der Waals surface area contributed by atoms with E-state index in [9.17, 15) is 49.8 Å². The average molecular weight is 920 g/mol. The zero-order chi connectivity index (χ0) is 46.3. The Labute approximate surface area is 371 Å². The van der Waals surface area contributed by atoms with Crippen LogP contribution in [-0.4, -0.2) is 47.1 Å². The second kappa shape index (κ2) is 17.8. The van der Waals surface area contributed by atoms with Crippen molar-refractivity contribution in [1.29, 1.82) is 0 Å². The molecule has 4 aliphatic rings. The third kappa shape index (κ3) is 10.5. The van der Waals surface area contributed by atoms with E-state index in [2.05, 4.69) is 20.1 Å². The van der Waals surface area contributed by atoms with Gasteiger partial charge in [0, 0.05) is 24.2 Å². The first-order chi connectivity index (χ1) is 30.8. The molecular weight excluding hydrogens is 883 g/mol. The predicted octanol–water partition coefficient (Wildman–Crippen LogP) is 12.3. The average Bonchev–Trinajstić information content (AvgIpc) is 3.59. The summed E-state index contributed by atoms with van der Waals surface area (Å²) in [7, 11) is 1.68. The van der Waals surface area contributed by atoms with Gasteiger partial charge in [0.2, 0.25) is 5.91 Å². The minimum atomic E-state index is -4.33. The number of anilines is 2. The fraction of sp³-hybridized carbons (Fsp3) is 0.208. The standard InChI is InChI=1S/C17H15F3O.C16H13F3N2O.C15H9F2NO3S/c18-17(19,20)15-6-3-11(4-7-15)12-1-2-14-10-16(21)8-5-13(14)9-12;1-21-9-12-8-11(4-7-14(12)20-15(21)22)10-2-5-13(6-3-10)16(17,18)19;16-15(17)20-11-4-2-8(5-12(11)21-15)9-1-3-10-13(6-9)22-7-14(19)18-10/h1-4,6-7,9,16,21H,5,8,10H2;2-8H,9H2,1H3,(H,20,22);1-6H,7H2,(H,18,19). The van der Waals surface area contributed by atoms with Crippen LogP contribution in [-0.2, 0) is 36.5 Å². The Bertz CT molecular complexity index is 2760. The molecule has 1 unspecified atom stereocenters. The number of nitrogens with one attached hydrogen (secondary N) is 2. The summed E-state index contributed by atoms with van der Waals surface area (Å²) in [5.74, 6) is 0.370. The second-order valence-electron chi connectivity index (χ2n) is 15.6. The first-order valence-corrected chi connectivity index (χ1v) is 21.0. The van der Waals surface area contributed by atoms with E-state index >= 15 is 0 Å². The summed E-state index contributed by atoms with van der Waals surface area (Å²) in [6.07, 6.45) is -10.3. The number of aliphatic hydroxyl groups is 1. The minimum Gasteiger partial charge on any atom is -0.395 e. The van der Waals surface area contributed by atoms with Gasteiger partial charge in [0.25, 0.3) is 0 Å². The van der Waals surface area contributed by atoms with Crippen LogP contribution < -0.4 is 20.1 Å². The van der Waals surface area contributed by atoms with Gasteiger partial charge in [-0.05, 0) is 130 Å². The molecule has 336 valence electrons. The quantitative estimate of drug-likeness (QED) is 0.153. The van der Waals surface area contributed by atoms with Crippen molar-refractivity contribution in [3.8, 4) is 44.9 Å². The highest BCUT2D eigenvalue weighted by Crippen LogP contribution is 2.44. The van der Waals surface area contributed by atoms with Gasteiger partial charge < -0.3 is 30.1 Å². The third-order valence-electron chi connectivity index (χ3n) is 10.9. The number of nitrogens with zero attached hydrogens (tertiary/aromatic N) is 1. The van der Waals surface area contributed by atoms with Gasteiger partial charge in [-0.2, -0.15) is 26.3 Å². The highest BCUT2D eigenvalue weighted by molar-refractivity contribution is 8.00. The van der Waals surface area contributed by atoms with Crippen molar-refractivity contribution in [2.24, 2.45) is 0 Å². The number of benzene rings is 6. The van der Waals surface area contributed by atoms with Gasteiger partial charge in [-0.3, -0.25) is 4.79 Å². The van der Waals surface area contributed by atoms with Crippen molar-refractivity contribution in [2.75, 3.05) is 23.4 Å². The van der Waals surface area contributed by atoms with Gasteiger partial charge in [0.15, 0.2) is 11.5 Å². The van der Waals surface area contributed by atoms with E-state index in [4.69, 9.17) is 0 Å². The third-order valence-corrected chi connectivity index (χ3v) is 12.0.